The minimum atomic E-state index is 0.188. The lowest BCUT2D eigenvalue weighted by molar-refractivity contribution is 0.242. The van der Waals surface area contributed by atoms with E-state index in [4.69, 9.17) is 9.84 Å². The van der Waals surface area contributed by atoms with Gasteiger partial charge in [-0.25, -0.2) is 0 Å². The van der Waals surface area contributed by atoms with Crippen molar-refractivity contribution < 1.29 is 4.74 Å². The Labute approximate surface area is 170 Å². The normalized spacial score (nSPS) is 15.5. The van der Waals surface area contributed by atoms with Gasteiger partial charge in [-0.15, -0.1) is 0 Å². The van der Waals surface area contributed by atoms with Crippen LogP contribution in [0.2, 0.25) is 0 Å². The second kappa shape index (κ2) is 10.1. The SMILES string of the molecule is CNCCN(C)Cc1cn(C2CCCCC2)nc1-c1ccc(OC(C)C)cc1. The lowest BCUT2D eigenvalue weighted by atomic mass is 9.96. The van der Waals surface area contributed by atoms with E-state index in [1.54, 1.807) is 0 Å². The summed E-state index contributed by atoms with van der Waals surface area (Å²) in [6.45, 7) is 7.03. The molecule has 0 saturated heterocycles. The Morgan fingerprint density at radius 1 is 1.18 bits per heavy atom. The summed E-state index contributed by atoms with van der Waals surface area (Å²) in [7, 11) is 4.18. The molecule has 1 aliphatic rings. The minimum absolute atomic E-state index is 0.188. The van der Waals surface area contributed by atoms with E-state index in [-0.39, 0.29) is 6.10 Å². The van der Waals surface area contributed by atoms with E-state index >= 15 is 0 Å². The van der Waals surface area contributed by atoms with Gasteiger partial charge in [0.25, 0.3) is 0 Å². The summed E-state index contributed by atoms with van der Waals surface area (Å²) < 4.78 is 8.05. The first-order valence-electron chi connectivity index (χ1n) is 10.7. The van der Waals surface area contributed by atoms with Gasteiger partial charge in [-0.05, 0) is 65.0 Å². The van der Waals surface area contributed by atoms with E-state index in [9.17, 15) is 0 Å². The molecule has 5 nitrogen and oxygen atoms in total. The minimum Gasteiger partial charge on any atom is -0.491 e. The molecule has 1 aromatic heterocycles. The van der Waals surface area contributed by atoms with Gasteiger partial charge in [-0.1, -0.05) is 19.3 Å². The number of likely N-dealkylation sites (N-methyl/N-ethyl adjacent to an activating group) is 2. The third-order valence-electron chi connectivity index (χ3n) is 5.44. The van der Waals surface area contributed by atoms with E-state index in [0.29, 0.717) is 6.04 Å². The average Bonchev–Trinajstić information content (AvgIpc) is 3.11. The largest absolute Gasteiger partial charge is 0.491 e. The Kier molecular flexibility index (Phi) is 7.51. The number of rotatable bonds is 9. The molecule has 28 heavy (non-hydrogen) atoms. The van der Waals surface area contributed by atoms with Crippen molar-refractivity contribution in [2.75, 3.05) is 27.2 Å². The highest BCUT2D eigenvalue weighted by Crippen LogP contribution is 2.31. The van der Waals surface area contributed by atoms with Crippen LogP contribution in [-0.2, 0) is 6.54 Å². The first-order chi connectivity index (χ1) is 13.6. The lowest BCUT2D eigenvalue weighted by Gasteiger charge is -2.21. The Hall–Kier alpha value is -1.85. The fourth-order valence-electron chi connectivity index (χ4n) is 3.96. The van der Waals surface area contributed by atoms with Crippen LogP contribution in [-0.4, -0.2) is 48.0 Å². The Morgan fingerprint density at radius 2 is 1.89 bits per heavy atom. The zero-order valence-electron chi connectivity index (χ0n) is 17.9. The second-order valence-electron chi connectivity index (χ2n) is 8.31. The molecule has 1 aromatic carbocycles. The standard InChI is InChI=1S/C23H36N4O/c1-18(2)28-22-12-10-19(11-13-22)23-20(16-26(4)15-14-24-3)17-27(25-23)21-8-6-5-7-9-21/h10-13,17-18,21,24H,5-9,14-16H2,1-4H3. The van der Waals surface area contributed by atoms with Crippen molar-refractivity contribution in [1.82, 2.24) is 20.0 Å². The smallest absolute Gasteiger partial charge is 0.119 e. The Morgan fingerprint density at radius 3 is 2.54 bits per heavy atom. The van der Waals surface area contributed by atoms with Crippen molar-refractivity contribution in [3.63, 3.8) is 0 Å². The zero-order valence-corrected chi connectivity index (χ0v) is 17.9. The summed E-state index contributed by atoms with van der Waals surface area (Å²) in [5, 5.41) is 8.29. The second-order valence-corrected chi connectivity index (χ2v) is 8.31. The van der Waals surface area contributed by atoms with Gasteiger partial charge in [0.15, 0.2) is 0 Å². The van der Waals surface area contributed by atoms with Crippen molar-refractivity contribution >= 4 is 0 Å². The van der Waals surface area contributed by atoms with Crippen LogP contribution in [0, 0.1) is 0 Å². The summed E-state index contributed by atoms with van der Waals surface area (Å²) in [5.41, 5.74) is 3.59. The number of aromatic nitrogens is 2. The van der Waals surface area contributed by atoms with Crippen molar-refractivity contribution in [3.05, 3.63) is 36.0 Å². The monoisotopic (exact) mass is 384 g/mol. The van der Waals surface area contributed by atoms with Crippen LogP contribution in [0.5, 0.6) is 5.75 Å². The van der Waals surface area contributed by atoms with E-state index in [1.165, 1.54) is 43.2 Å². The highest BCUT2D eigenvalue weighted by molar-refractivity contribution is 5.63. The van der Waals surface area contributed by atoms with Crippen molar-refractivity contribution in [2.24, 2.45) is 0 Å². The maximum Gasteiger partial charge on any atom is 0.119 e. The highest BCUT2D eigenvalue weighted by Gasteiger charge is 2.20. The molecule has 0 bridgehead atoms. The van der Waals surface area contributed by atoms with Crippen LogP contribution in [0.3, 0.4) is 0 Å². The van der Waals surface area contributed by atoms with Gasteiger partial charge in [0.1, 0.15) is 5.75 Å². The first-order valence-corrected chi connectivity index (χ1v) is 10.7. The van der Waals surface area contributed by atoms with Crippen LogP contribution in [0.4, 0.5) is 0 Å². The summed E-state index contributed by atoms with van der Waals surface area (Å²) in [6, 6.07) is 8.95. The number of hydrogen-bond donors (Lipinski definition) is 1. The fraction of sp³-hybridized carbons (Fsp3) is 0.609. The molecular formula is C23H36N4O. The molecule has 0 aliphatic heterocycles. The Bertz CT molecular complexity index is 717. The third-order valence-corrected chi connectivity index (χ3v) is 5.44. The van der Waals surface area contributed by atoms with Crippen LogP contribution in [0.25, 0.3) is 11.3 Å². The maximum absolute atomic E-state index is 5.80. The maximum atomic E-state index is 5.80. The molecule has 1 heterocycles. The van der Waals surface area contributed by atoms with Crippen molar-refractivity contribution in [3.8, 4) is 17.0 Å². The van der Waals surface area contributed by atoms with E-state index in [2.05, 4.69) is 66.3 Å². The van der Waals surface area contributed by atoms with Gasteiger partial charge in [-0.2, -0.15) is 5.10 Å². The molecular weight excluding hydrogens is 348 g/mol. The molecule has 0 spiro atoms. The van der Waals surface area contributed by atoms with Gasteiger partial charge in [0.2, 0.25) is 0 Å². The molecule has 0 amide bonds. The molecule has 2 aromatic rings. The van der Waals surface area contributed by atoms with E-state index < -0.39 is 0 Å². The fourth-order valence-corrected chi connectivity index (χ4v) is 3.96. The molecule has 3 rings (SSSR count). The predicted molar refractivity (Wildman–Crippen MR) is 116 cm³/mol. The number of benzene rings is 1. The molecule has 1 aliphatic carbocycles. The highest BCUT2D eigenvalue weighted by atomic mass is 16.5. The van der Waals surface area contributed by atoms with Gasteiger partial charge in [0.05, 0.1) is 17.8 Å². The predicted octanol–water partition coefficient (Wildman–Crippen LogP) is 4.49. The van der Waals surface area contributed by atoms with Crippen LogP contribution < -0.4 is 10.1 Å². The quantitative estimate of drug-likeness (QED) is 0.691. The molecule has 0 radical (unpaired) electrons. The average molecular weight is 385 g/mol. The molecule has 0 atom stereocenters. The number of ether oxygens (including phenoxy) is 1. The molecule has 1 N–H and O–H groups in total. The third kappa shape index (κ3) is 5.58. The summed E-state index contributed by atoms with van der Waals surface area (Å²) in [4.78, 5) is 2.36. The van der Waals surface area contributed by atoms with Crippen LogP contribution in [0.15, 0.2) is 30.5 Å². The topological polar surface area (TPSA) is 42.3 Å². The van der Waals surface area contributed by atoms with Gasteiger partial charge in [0, 0.05) is 37.0 Å². The number of nitrogens with zero attached hydrogens (tertiary/aromatic N) is 3. The number of nitrogens with one attached hydrogen (secondary N) is 1. The molecule has 5 heteroatoms. The number of hydrogen-bond acceptors (Lipinski definition) is 4. The molecule has 1 fully saturated rings. The van der Waals surface area contributed by atoms with Gasteiger partial charge >= 0.3 is 0 Å². The van der Waals surface area contributed by atoms with Crippen LogP contribution in [0.1, 0.15) is 57.6 Å². The molecule has 0 unspecified atom stereocenters. The lowest BCUT2D eigenvalue weighted by Crippen LogP contribution is -2.27. The van der Waals surface area contributed by atoms with Crippen molar-refractivity contribution in [1.29, 1.82) is 0 Å². The first kappa shape index (κ1) is 20.9. The van der Waals surface area contributed by atoms with E-state index in [1.807, 2.05) is 7.05 Å². The van der Waals surface area contributed by atoms with Gasteiger partial charge < -0.3 is 15.0 Å². The van der Waals surface area contributed by atoms with E-state index in [0.717, 1.165) is 31.1 Å². The summed E-state index contributed by atoms with van der Waals surface area (Å²) >= 11 is 0. The van der Waals surface area contributed by atoms with Crippen molar-refractivity contribution in [2.45, 2.75) is 64.6 Å². The van der Waals surface area contributed by atoms with Gasteiger partial charge in [-0.3, -0.25) is 4.68 Å². The zero-order chi connectivity index (χ0) is 19.9. The Balaban J connectivity index is 1.84. The van der Waals surface area contributed by atoms with Crippen LogP contribution >= 0.6 is 0 Å². The summed E-state index contributed by atoms with van der Waals surface area (Å²) in [6.07, 6.45) is 8.97. The summed E-state index contributed by atoms with van der Waals surface area (Å²) in [5.74, 6) is 0.915. The molecule has 154 valence electrons. The molecule has 1 saturated carbocycles.